The van der Waals surface area contributed by atoms with Gasteiger partial charge in [0.05, 0.1) is 13.2 Å². The number of methoxy groups -OCH3 is 1. The Labute approximate surface area is 186 Å². The molecule has 1 atom stereocenters. The number of hydrogen-bond acceptors (Lipinski definition) is 6. The van der Waals surface area contributed by atoms with Crippen LogP contribution in [0.3, 0.4) is 0 Å². The highest BCUT2D eigenvalue weighted by atomic mass is 32.2. The van der Waals surface area contributed by atoms with Crippen molar-refractivity contribution in [2.24, 2.45) is 0 Å². The second kappa shape index (κ2) is 10.5. The standard InChI is InChI=1S/C23H26N4O3S/c1-29-21-7-3-2-5-19(21)13-27(14-20-6-4-12-30-20)22(28)18-10-8-17(9-11-18)15-31-23-24-16-25-26-23/h2-3,5,7-11,16,20H,4,6,12-15H2,1H3,(H,24,25,26). The van der Waals surface area contributed by atoms with Gasteiger partial charge in [-0.2, -0.15) is 5.10 Å². The molecule has 1 N–H and O–H groups in total. The highest BCUT2D eigenvalue weighted by Gasteiger charge is 2.24. The Morgan fingerprint density at radius 2 is 2.10 bits per heavy atom. The summed E-state index contributed by atoms with van der Waals surface area (Å²) in [6, 6.07) is 15.6. The smallest absolute Gasteiger partial charge is 0.254 e. The van der Waals surface area contributed by atoms with E-state index >= 15 is 0 Å². The van der Waals surface area contributed by atoms with Crippen molar-refractivity contribution >= 4 is 17.7 Å². The highest BCUT2D eigenvalue weighted by molar-refractivity contribution is 7.98. The minimum atomic E-state index is -0.00385. The average molecular weight is 439 g/mol. The monoisotopic (exact) mass is 438 g/mol. The van der Waals surface area contributed by atoms with Crippen LogP contribution >= 0.6 is 11.8 Å². The first-order chi connectivity index (χ1) is 15.2. The third-order valence-electron chi connectivity index (χ3n) is 5.26. The van der Waals surface area contributed by atoms with Crippen LogP contribution in [0.15, 0.2) is 60.0 Å². The molecule has 1 saturated heterocycles. The number of ether oxygens (including phenoxy) is 2. The molecule has 8 heteroatoms. The number of aromatic amines is 1. The summed E-state index contributed by atoms with van der Waals surface area (Å²) in [5, 5.41) is 7.47. The molecule has 1 unspecified atom stereocenters. The zero-order valence-electron chi connectivity index (χ0n) is 17.5. The molecule has 4 rings (SSSR count). The van der Waals surface area contributed by atoms with Gasteiger partial charge in [0, 0.05) is 36.6 Å². The van der Waals surface area contributed by atoms with Crippen molar-refractivity contribution in [3.05, 3.63) is 71.5 Å². The number of carbonyl (C=O) groups is 1. The number of thioether (sulfide) groups is 1. The van der Waals surface area contributed by atoms with Crippen LogP contribution in [0.2, 0.25) is 0 Å². The van der Waals surface area contributed by atoms with Crippen LogP contribution < -0.4 is 4.74 Å². The largest absolute Gasteiger partial charge is 0.496 e. The van der Waals surface area contributed by atoms with E-state index in [4.69, 9.17) is 9.47 Å². The molecule has 0 radical (unpaired) electrons. The predicted molar refractivity (Wildman–Crippen MR) is 119 cm³/mol. The maximum atomic E-state index is 13.4. The summed E-state index contributed by atoms with van der Waals surface area (Å²) in [5.74, 6) is 1.54. The van der Waals surface area contributed by atoms with Crippen LogP contribution in [0.5, 0.6) is 5.75 Å². The molecular weight excluding hydrogens is 412 g/mol. The van der Waals surface area contributed by atoms with Gasteiger partial charge in [-0.25, -0.2) is 4.98 Å². The molecule has 2 heterocycles. The molecule has 1 aliphatic heterocycles. The molecule has 31 heavy (non-hydrogen) atoms. The van der Waals surface area contributed by atoms with Crippen molar-refractivity contribution in [2.75, 3.05) is 20.3 Å². The number of H-pyrrole nitrogens is 1. The summed E-state index contributed by atoms with van der Waals surface area (Å²) in [6.45, 7) is 1.81. The number of carbonyl (C=O) groups excluding carboxylic acids is 1. The Hall–Kier alpha value is -2.84. The number of benzene rings is 2. The van der Waals surface area contributed by atoms with Crippen molar-refractivity contribution < 1.29 is 14.3 Å². The molecule has 0 aliphatic carbocycles. The molecule has 0 bridgehead atoms. The van der Waals surface area contributed by atoms with E-state index in [1.165, 1.54) is 6.33 Å². The molecular formula is C23H26N4O3S. The van der Waals surface area contributed by atoms with Crippen LogP contribution in [0.1, 0.15) is 34.3 Å². The first kappa shape index (κ1) is 21.4. The summed E-state index contributed by atoms with van der Waals surface area (Å²) < 4.78 is 11.3. The van der Waals surface area contributed by atoms with Gasteiger partial charge in [-0.3, -0.25) is 9.89 Å². The van der Waals surface area contributed by atoms with E-state index in [0.29, 0.717) is 18.7 Å². The second-order valence-electron chi connectivity index (χ2n) is 7.41. The molecule has 0 saturated carbocycles. The number of rotatable bonds is 9. The van der Waals surface area contributed by atoms with Gasteiger partial charge in [-0.15, -0.1) is 0 Å². The number of hydrogen-bond donors (Lipinski definition) is 1. The van der Waals surface area contributed by atoms with Crippen LogP contribution in [0.25, 0.3) is 0 Å². The van der Waals surface area contributed by atoms with E-state index in [1.807, 2.05) is 53.4 Å². The van der Waals surface area contributed by atoms with Crippen LogP contribution in [0.4, 0.5) is 0 Å². The molecule has 2 aromatic carbocycles. The van der Waals surface area contributed by atoms with Crippen LogP contribution in [0, 0.1) is 0 Å². The molecule has 0 spiro atoms. The van der Waals surface area contributed by atoms with Gasteiger partial charge in [0.2, 0.25) is 0 Å². The van der Waals surface area contributed by atoms with Crippen molar-refractivity contribution in [3.8, 4) is 5.75 Å². The molecule has 1 amide bonds. The fourth-order valence-electron chi connectivity index (χ4n) is 3.63. The van der Waals surface area contributed by atoms with Crippen LogP contribution in [-0.2, 0) is 17.0 Å². The van der Waals surface area contributed by atoms with Crippen molar-refractivity contribution in [2.45, 2.75) is 36.4 Å². The third-order valence-corrected chi connectivity index (χ3v) is 6.21. The Kier molecular flexibility index (Phi) is 7.22. The number of aromatic nitrogens is 3. The minimum absolute atomic E-state index is 0.00385. The number of para-hydroxylation sites is 1. The number of nitrogens with one attached hydrogen (secondary N) is 1. The van der Waals surface area contributed by atoms with Gasteiger partial charge in [-0.1, -0.05) is 42.1 Å². The lowest BCUT2D eigenvalue weighted by molar-refractivity contribution is 0.0505. The summed E-state index contributed by atoms with van der Waals surface area (Å²) in [6.07, 6.45) is 3.59. The maximum Gasteiger partial charge on any atom is 0.254 e. The van der Waals surface area contributed by atoms with Gasteiger partial charge < -0.3 is 14.4 Å². The molecule has 1 aliphatic rings. The van der Waals surface area contributed by atoms with Gasteiger partial charge >= 0.3 is 0 Å². The van der Waals surface area contributed by atoms with Crippen LogP contribution in [-0.4, -0.2) is 52.4 Å². The third kappa shape index (κ3) is 5.65. The first-order valence-electron chi connectivity index (χ1n) is 10.3. The van der Waals surface area contributed by atoms with E-state index in [-0.39, 0.29) is 12.0 Å². The Morgan fingerprint density at radius 3 is 2.81 bits per heavy atom. The highest BCUT2D eigenvalue weighted by Crippen LogP contribution is 2.23. The maximum absolute atomic E-state index is 13.4. The molecule has 1 aromatic heterocycles. The first-order valence-corrected chi connectivity index (χ1v) is 11.3. The van der Waals surface area contributed by atoms with Gasteiger partial charge in [0.25, 0.3) is 5.91 Å². The zero-order chi connectivity index (χ0) is 21.5. The zero-order valence-corrected chi connectivity index (χ0v) is 18.3. The van der Waals surface area contributed by atoms with Crippen molar-refractivity contribution in [3.63, 3.8) is 0 Å². The normalized spacial score (nSPS) is 15.7. The average Bonchev–Trinajstić information content (AvgIpc) is 3.52. The Balaban J connectivity index is 1.47. The SMILES string of the molecule is COc1ccccc1CN(CC1CCCO1)C(=O)c1ccc(CSc2ncn[nH]2)cc1. The topological polar surface area (TPSA) is 80.3 Å². The Morgan fingerprint density at radius 1 is 1.26 bits per heavy atom. The van der Waals surface area contributed by atoms with Gasteiger partial charge in [-0.05, 0) is 36.6 Å². The van der Waals surface area contributed by atoms with E-state index in [1.54, 1.807) is 18.9 Å². The summed E-state index contributed by atoms with van der Waals surface area (Å²) in [5.41, 5.74) is 2.77. The lowest BCUT2D eigenvalue weighted by atomic mass is 10.1. The van der Waals surface area contributed by atoms with Gasteiger partial charge in [0.1, 0.15) is 12.1 Å². The lowest BCUT2D eigenvalue weighted by Gasteiger charge is -2.26. The minimum Gasteiger partial charge on any atom is -0.496 e. The summed E-state index contributed by atoms with van der Waals surface area (Å²) >= 11 is 1.57. The molecule has 1 fully saturated rings. The molecule has 7 nitrogen and oxygen atoms in total. The van der Waals surface area contributed by atoms with E-state index in [0.717, 1.165) is 47.2 Å². The van der Waals surface area contributed by atoms with Crippen molar-refractivity contribution in [1.82, 2.24) is 20.1 Å². The molecule has 3 aromatic rings. The lowest BCUT2D eigenvalue weighted by Crippen LogP contribution is -2.37. The second-order valence-corrected chi connectivity index (χ2v) is 8.37. The predicted octanol–water partition coefficient (Wildman–Crippen LogP) is 3.93. The summed E-state index contributed by atoms with van der Waals surface area (Å²) in [7, 11) is 1.65. The van der Waals surface area contributed by atoms with E-state index in [9.17, 15) is 4.79 Å². The summed E-state index contributed by atoms with van der Waals surface area (Å²) in [4.78, 5) is 19.4. The van der Waals surface area contributed by atoms with E-state index in [2.05, 4.69) is 15.2 Å². The Bertz CT molecular complexity index is 973. The molecule has 162 valence electrons. The number of amides is 1. The fourth-order valence-corrected chi connectivity index (χ4v) is 4.37. The van der Waals surface area contributed by atoms with E-state index < -0.39 is 0 Å². The van der Waals surface area contributed by atoms with Gasteiger partial charge in [0.15, 0.2) is 5.16 Å². The quantitative estimate of drug-likeness (QED) is 0.510. The number of nitrogens with zero attached hydrogens (tertiary/aromatic N) is 3. The fraction of sp³-hybridized carbons (Fsp3) is 0.348. The van der Waals surface area contributed by atoms with Crippen molar-refractivity contribution in [1.29, 1.82) is 0 Å².